The van der Waals surface area contributed by atoms with E-state index in [1.54, 1.807) is 5.57 Å². The van der Waals surface area contributed by atoms with Crippen molar-refractivity contribution in [3.8, 4) is 0 Å². The summed E-state index contributed by atoms with van der Waals surface area (Å²) < 4.78 is 5.45. The molecule has 2 heterocycles. The van der Waals surface area contributed by atoms with Gasteiger partial charge < -0.3 is 9.64 Å². The number of hydrogen-bond donors (Lipinski definition) is 0. The summed E-state index contributed by atoms with van der Waals surface area (Å²) in [6.45, 7) is 8.66. The fourth-order valence-electron chi connectivity index (χ4n) is 4.19. The number of hydrogen-bond acceptors (Lipinski definition) is 3. The number of ether oxygens (including phenoxy) is 1. The lowest BCUT2D eigenvalue weighted by molar-refractivity contribution is 0.0330. The zero-order valence-electron chi connectivity index (χ0n) is 16.1. The van der Waals surface area contributed by atoms with Crippen LogP contribution in [0.25, 0.3) is 5.57 Å². The van der Waals surface area contributed by atoms with Crippen LogP contribution in [0.4, 0.5) is 0 Å². The highest BCUT2D eigenvalue weighted by Crippen LogP contribution is 2.32. The fourth-order valence-corrected chi connectivity index (χ4v) is 4.19. The summed E-state index contributed by atoms with van der Waals surface area (Å²) in [6, 6.07) is 21.8. The molecule has 2 fully saturated rings. The zero-order chi connectivity index (χ0) is 18.3. The van der Waals surface area contributed by atoms with Crippen molar-refractivity contribution in [1.29, 1.82) is 0 Å². The topological polar surface area (TPSA) is 15.7 Å². The van der Waals surface area contributed by atoms with Crippen molar-refractivity contribution in [1.82, 2.24) is 9.80 Å². The lowest BCUT2D eigenvalue weighted by Gasteiger charge is -2.33. The highest BCUT2D eigenvalue weighted by Gasteiger charge is 2.20. The van der Waals surface area contributed by atoms with Crippen molar-refractivity contribution in [3.05, 3.63) is 77.4 Å². The van der Waals surface area contributed by atoms with E-state index in [2.05, 4.69) is 70.5 Å². The lowest BCUT2D eigenvalue weighted by atomic mass is 9.88. The third-order valence-electron chi connectivity index (χ3n) is 5.77. The Hall–Kier alpha value is -1.94. The van der Waals surface area contributed by atoms with Gasteiger partial charge in [-0.3, -0.25) is 4.90 Å². The van der Waals surface area contributed by atoms with Crippen molar-refractivity contribution < 1.29 is 4.74 Å². The third kappa shape index (κ3) is 4.86. The molecule has 2 aromatic carbocycles. The minimum absolute atomic E-state index is 0.893. The van der Waals surface area contributed by atoms with Crippen LogP contribution in [0.2, 0.25) is 0 Å². The quantitative estimate of drug-likeness (QED) is 0.802. The predicted octanol–water partition coefficient (Wildman–Crippen LogP) is 3.92. The molecule has 3 heteroatoms. The molecule has 3 nitrogen and oxygen atoms in total. The van der Waals surface area contributed by atoms with Gasteiger partial charge in [0.25, 0.3) is 0 Å². The second-order valence-corrected chi connectivity index (χ2v) is 7.51. The van der Waals surface area contributed by atoms with Crippen molar-refractivity contribution >= 4 is 5.57 Å². The molecule has 0 atom stereocenters. The molecule has 0 aromatic heterocycles. The Labute approximate surface area is 163 Å². The number of benzene rings is 2. The summed E-state index contributed by atoms with van der Waals surface area (Å²) in [5, 5.41) is 0. The van der Waals surface area contributed by atoms with Crippen LogP contribution >= 0.6 is 0 Å². The van der Waals surface area contributed by atoms with Crippen molar-refractivity contribution in [3.63, 3.8) is 0 Å². The van der Waals surface area contributed by atoms with Crippen molar-refractivity contribution in [2.75, 3.05) is 52.5 Å². The monoisotopic (exact) mass is 362 g/mol. The van der Waals surface area contributed by atoms with Gasteiger partial charge in [0, 0.05) is 39.3 Å². The number of rotatable bonds is 5. The summed E-state index contributed by atoms with van der Waals surface area (Å²) in [5.41, 5.74) is 5.75. The zero-order valence-corrected chi connectivity index (χ0v) is 16.1. The first-order chi connectivity index (χ1) is 13.4. The average molecular weight is 363 g/mol. The molecule has 0 bridgehead atoms. The van der Waals surface area contributed by atoms with E-state index in [4.69, 9.17) is 4.74 Å². The van der Waals surface area contributed by atoms with Crippen LogP contribution in [0.5, 0.6) is 0 Å². The molecule has 0 aliphatic carbocycles. The van der Waals surface area contributed by atoms with E-state index >= 15 is 0 Å². The Bertz CT molecular complexity index is 684. The third-order valence-corrected chi connectivity index (χ3v) is 5.77. The molecule has 0 N–H and O–H groups in total. The number of nitrogens with zero attached hydrogens (tertiary/aromatic N) is 2. The maximum atomic E-state index is 5.45. The first-order valence-corrected chi connectivity index (χ1v) is 10.3. The molecule has 0 radical (unpaired) electrons. The molecule has 0 saturated carbocycles. The van der Waals surface area contributed by atoms with Gasteiger partial charge in [-0.05, 0) is 29.5 Å². The van der Waals surface area contributed by atoms with Gasteiger partial charge in [-0.1, -0.05) is 66.2 Å². The van der Waals surface area contributed by atoms with Gasteiger partial charge in [-0.2, -0.15) is 0 Å². The van der Waals surface area contributed by atoms with E-state index in [1.165, 1.54) is 55.7 Å². The van der Waals surface area contributed by atoms with E-state index in [9.17, 15) is 0 Å². The second kappa shape index (κ2) is 9.32. The van der Waals surface area contributed by atoms with Crippen molar-refractivity contribution in [2.45, 2.75) is 12.8 Å². The van der Waals surface area contributed by atoms with E-state index in [1.807, 2.05) is 0 Å². The molecule has 2 aromatic rings. The minimum Gasteiger partial charge on any atom is -0.379 e. The van der Waals surface area contributed by atoms with Gasteiger partial charge in [-0.25, -0.2) is 0 Å². The number of morpholine rings is 1. The van der Waals surface area contributed by atoms with Crippen LogP contribution < -0.4 is 0 Å². The Morgan fingerprint density at radius 1 is 0.667 bits per heavy atom. The first kappa shape index (κ1) is 18.4. The molecule has 0 spiro atoms. The Kier molecular flexibility index (Phi) is 6.36. The summed E-state index contributed by atoms with van der Waals surface area (Å²) in [4.78, 5) is 5.17. The fraction of sp³-hybridized carbons (Fsp3) is 0.417. The van der Waals surface area contributed by atoms with Gasteiger partial charge in [0.05, 0.1) is 13.2 Å². The second-order valence-electron chi connectivity index (χ2n) is 7.51. The molecular formula is C24H30N2O. The van der Waals surface area contributed by atoms with Crippen LogP contribution in [-0.2, 0) is 4.74 Å². The Balaban J connectivity index is 1.45. The van der Waals surface area contributed by atoms with Crippen LogP contribution in [0, 0.1) is 0 Å². The summed E-state index contributed by atoms with van der Waals surface area (Å²) in [5.74, 6) is 0. The summed E-state index contributed by atoms with van der Waals surface area (Å²) in [7, 11) is 0. The van der Waals surface area contributed by atoms with Crippen LogP contribution in [0.3, 0.4) is 0 Å². The summed E-state index contributed by atoms with van der Waals surface area (Å²) in [6.07, 6.45) is 2.34. The average Bonchev–Trinajstić information content (AvgIpc) is 2.76. The van der Waals surface area contributed by atoms with Gasteiger partial charge >= 0.3 is 0 Å². The number of piperidine rings is 1. The molecule has 2 saturated heterocycles. The highest BCUT2D eigenvalue weighted by atomic mass is 16.5. The molecule has 4 rings (SSSR count). The van der Waals surface area contributed by atoms with E-state index < -0.39 is 0 Å². The molecule has 27 heavy (non-hydrogen) atoms. The molecule has 2 aliphatic rings. The van der Waals surface area contributed by atoms with Crippen LogP contribution in [0.1, 0.15) is 24.0 Å². The molecule has 142 valence electrons. The minimum atomic E-state index is 0.893. The smallest absolute Gasteiger partial charge is 0.0594 e. The van der Waals surface area contributed by atoms with E-state index in [0.29, 0.717) is 0 Å². The van der Waals surface area contributed by atoms with Gasteiger partial charge in [-0.15, -0.1) is 0 Å². The maximum absolute atomic E-state index is 5.45. The molecule has 0 unspecified atom stereocenters. The van der Waals surface area contributed by atoms with Gasteiger partial charge in [0.2, 0.25) is 0 Å². The van der Waals surface area contributed by atoms with Crippen LogP contribution in [-0.4, -0.2) is 62.3 Å². The van der Waals surface area contributed by atoms with Gasteiger partial charge in [0.15, 0.2) is 0 Å². The molecule has 2 aliphatic heterocycles. The van der Waals surface area contributed by atoms with Crippen molar-refractivity contribution in [2.24, 2.45) is 0 Å². The highest BCUT2D eigenvalue weighted by molar-refractivity contribution is 5.82. The van der Waals surface area contributed by atoms with E-state index in [-0.39, 0.29) is 0 Å². The van der Waals surface area contributed by atoms with Gasteiger partial charge in [0.1, 0.15) is 0 Å². The SMILES string of the molecule is c1ccc(C(=C2CCN(CCN3CCOCC3)CC2)c2ccccc2)cc1. The number of likely N-dealkylation sites (tertiary alicyclic amines) is 1. The van der Waals surface area contributed by atoms with Crippen LogP contribution in [0.15, 0.2) is 66.2 Å². The predicted molar refractivity (Wildman–Crippen MR) is 112 cm³/mol. The Morgan fingerprint density at radius 3 is 1.67 bits per heavy atom. The largest absolute Gasteiger partial charge is 0.379 e. The first-order valence-electron chi connectivity index (χ1n) is 10.3. The molecule has 0 amide bonds. The standard InChI is InChI=1S/C24H30N2O/c1-3-7-21(8-4-1)24(22-9-5-2-6-10-22)23-11-13-25(14-12-23)15-16-26-17-19-27-20-18-26/h1-10H,11-20H2. The lowest BCUT2D eigenvalue weighted by Crippen LogP contribution is -2.42. The molecular weight excluding hydrogens is 332 g/mol. The summed E-state index contributed by atoms with van der Waals surface area (Å²) >= 11 is 0. The Morgan fingerprint density at radius 2 is 1.15 bits per heavy atom. The maximum Gasteiger partial charge on any atom is 0.0594 e. The van der Waals surface area contributed by atoms with E-state index in [0.717, 1.165) is 26.3 Å². The normalized spacial score (nSPS) is 19.2.